The molecule has 0 aliphatic carbocycles. The monoisotopic (exact) mass is 255 g/mol. The van der Waals surface area contributed by atoms with Crippen LogP contribution in [0.5, 0.6) is 0 Å². The lowest BCUT2D eigenvalue weighted by Gasteiger charge is -2.22. The van der Waals surface area contributed by atoms with E-state index in [9.17, 15) is 8.42 Å². The molecule has 0 bridgehead atoms. The summed E-state index contributed by atoms with van der Waals surface area (Å²) in [6, 6.07) is 5.17. The predicted molar refractivity (Wildman–Crippen MR) is 67.2 cm³/mol. The van der Waals surface area contributed by atoms with Crippen molar-refractivity contribution in [3.8, 4) is 0 Å². The molecule has 17 heavy (non-hydrogen) atoms. The molecule has 1 aromatic rings. The zero-order valence-electron chi connectivity index (χ0n) is 9.59. The molecule has 6 heteroatoms. The van der Waals surface area contributed by atoms with Crippen LogP contribution in [0, 0.1) is 5.92 Å². The minimum atomic E-state index is -3.27. The molecule has 0 radical (unpaired) electrons. The maximum Gasteiger partial charge on any atom is 0.234 e. The second-order valence-electron chi connectivity index (χ2n) is 4.29. The summed E-state index contributed by atoms with van der Waals surface area (Å²) in [6.07, 6.45) is 3.41. The van der Waals surface area contributed by atoms with Crippen LogP contribution >= 0.6 is 0 Å². The van der Waals surface area contributed by atoms with Gasteiger partial charge < -0.3 is 5.32 Å². The van der Waals surface area contributed by atoms with Crippen molar-refractivity contribution in [3.63, 3.8) is 0 Å². The van der Waals surface area contributed by atoms with Gasteiger partial charge in [0, 0.05) is 6.20 Å². The van der Waals surface area contributed by atoms with E-state index in [4.69, 9.17) is 0 Å². The van der Waals surface area contributed by atoms with Gasteiger partial charge in [-0.05, 0) is 44.0 Å². The van der Waals surface area contributed by atoms with Crippen molar-refractivity contribution in [1.82, 2.24) is 10.3 Å². The van der Waals surface area contributed by atoms with Crippen LogP contribution in [0.4, 0.5) is 5.82 Å². The van der Waals surface area contributed by atoms with E-state index in [1.807, 2.05) is 0 Å². The van der Waals surface area contributed by atoms with Crippen LogP contribution in [-0.4, -0.2) is 32.2 Å². The molecule has 94 valence electrons. The molecule has 1 aliphatic heterocycles. The number of anilines is 1. The summed E-state index contributed by atoms with van der Waals surface area (Å²) < 4.78 is 26.3. The highest BCUT2D eigenvalue weighted by molar-refractivity contribution is 7.92. The number of hydrogen-bond donors (Lipinski definition) is 2. The summed E-state index contributed by atoms with van der Waals surface area (Å²) in [5.74, 6) is 0.824. The molecule has 5 nitrogen and oxygen atoms in total. The minimum Gasteiger partial charge on any atom is -0.317 e. The Labute approximate surface area is 102 Å². The number of piperidine rings is 1. The molecular weight excluding hydrogens is 238 g/mol. The van der Waals surface area contributed by atoms with Gasteiger partial charge in [0.1, 0.15) is 5.82 Å². The quantitative estimate of drug-likeness (QED) is 0.835. The average Bonchev–Trinajstić information content (AvgIpc) is 2.30. The summed E-state index contributed by atoms with van der Waals surface area (Å²) in [7, 11) is -3.27. The van der Waals surface area contributed by atoms with E-state index in [1.54, 1.807) is 24.4 Å². The Morgan fingerprint density at radius 2 is 2.12 bits per heavy atom. The van der Waals surface area contributed by atoms with Gasteiger partial charge >= 0.3 is 0 Å². The number of rotatable bonds is 4. The molecule has 1 aromatic heterocycles. The van der Waals surface area contributed by atoms with Crippen molar-refractivity contribution in [3.05, 3.63) is 24.4 Å². The maximum atomic E-state index is 11.9. The number of sulfonamides is 1. The molecule has 0 atom stereocenters. The first-order chi connectivity index (χ1) is 8.16. The first-order valence-electron chi connectivity index (χ1n) is 5.78. The van der Waals surface area contributed by atoms with Crippen molar-refractivity contribution in [1.29, 1.82) is 0 Å². The molecule has 1 saturated heterocycles. The summed E-state index contributed by atoms with van der Waals surface area (Å²) in [6.45, 7) is 1.81. The molecule has 1 fully saturated rings. The number of nitrogens with one attached hydrogen (secondary N) is 2. The molecule has 0 saturated carbocycles. The lowest BCUT2D eigenvalue weighted by Crippen LogP contribution is -2.33. The Balaban J connectivity index is 1.94. The first-order valence-corrected chi connectivity index (χ1v) is 7.43. The van der Waals surface area contributed by atoms with Crippen molar-refractivity contribution in [2.45, 2.75) is 12.8 Å². The lowest BCUT2D eigenvalue weighted by atomic mass is 10.0. The zero-order chi connectivity index (χ0) is 12.1. The topological polar surface area (TPSA) is 71.1 Å². The van der Waals surface area contributed by atoms with Gasteiger partial charge in [0.2, 0.25) is 10.0 Å². The molecule has 0 unspecified atom stereocenters. The van der Waals surface area contributed by atoms with Crippen molar-refractivity contribution in [2.24, 2.45) is 5.92 Å². The molecule has 0 aromatic carbocycles. The van der Waals surface area contributed by atoms with Gasteiger partial charge in [-0.15, -0.1) is 0 Å². The van der Waals surface area contributed by atoms with Crippen LogP contribution in [0.25, 0.3) is 0 Å². The first kappa shape index (κ1) is 12.3. The molecule has 0 spiro atoms. The third kappa shape index (κ3) is 3.98. The highest BCUT2D eigenvalue weighted by atomic mass is 32.2. The van der Waals surface area contributed by atoms with Crippen molar-refractivity contribution in [2.75, 3.05) is 23.6 Å². The number of aromatic nitrogens is 1. The van der Waals surface area contributed by atoms with E-state index in [-0.39, 0.29) is 11.7 Å². The van der Waals surface area contributed by atoms with Gasteiger partial charge in [0.25, 0.3) is 0 Å². The van der Waals surface area contributed by atoms with Gasteiger partial charge in [-0.3, -0.25) is 4.72 Å². The van der Waals surface area contributed by atoms with Crippen LogP contribution in [0.2, 0.25) is 0 Å². The summed E-state index contributed by atoms with van der Waals surface area (Å²) in [5.41, 5.74) is 0. The van der Waals surface area contributed by atoms with E-state index in [0.29, 0.717) is 5.82 Å². The van der Waals surface area contributed by atoms with E-state index < -0.39 is 10.0 Å². The zero-order valence-corrected chi connectivity index (χ0v) is 10.4. The van der Waals surface area contributed by atoms with Gasteiger partial charge in [0.15, 0.2) is 0 Å². The van der Waals surface area contributed by atoms with Gasteiger partial charge in [-0.1, -0.05) is 6.07 Å². The highest BCUT2D eigenvalue weighted by Gasteiger charge is 2.21. The summed E-state index contributed by atoms with van der Waals surface area (Å²) in [4.78, 5) is 3.95. The largest absolute Gasteiger partial charge is 0.317 e. The SMILES string of the molecule is O=S(=O)(CC1CCNCC1)Nc1ccccn1. The Hall–Kier alpha value is -1.14. The molecule has 1 aliphatic rings. The van der Waals surface area contributed by atoms with Gasteiger partial charge in [0.05, 0.1) is 5.75 Å². The Morgan fingerprint density at radius 1 is 1.35 bits per heavy atom. The number of nitrogens with zero attached hydrogens (tertiary/aromatic N) is 1. The average molecular weight is 255 g/mol. The maximum absolute atomic E-state index is 11.9. The van der Waals surface area contributed by atoms with Gasteiger partial charge in [-0.25, -0.2) is 13.4 Å². The van der Waals surface area contributed by atoms with Gasteiger partial charge in [-0.2, -0.15) is 0 Å². The standard InChI is InChI=1S/C11H17N3O2S/c15-17(16,9-10-4-7-12-8-5-10)14-11-3-1-2-6-13-11/h1-3,6,10,12H,4-5,7-9H2,(H,13,14). The Bertz CT molecular complexity index is 441. The third-order valence-electron chi connectivity index (χ3n) is 2.84. The molecular formula is C11H17N3O2S. The summed E-state index contributed by atoms with van der Waals surface area (Å²) in [5, 5.41) is 3.22. The fourth-order valence-electron chi connectivity index (χ4n) is 1.98. The van der Waals surface area contributed by atoms with Crippen LogP contribution in [0.15, 0.2) is 24.4 Å². The van der Waals surface area contributed by atoms with Crippen molar-refractivity contribution < 1.29 is 8.42 Å². The molecule has 0 amide bonds. The van der Waals surface area contributed by atoms with Crippen LogP contribution in [0.1, 0.15) is 12.8 Å². The molecule has 2 N–H and O–H groups in total. The Morgan fingerprint density at radius 3 is 2.76 bits per heavy atom. The lowest BCUT2D eigenvalue weighted by molar-refractivity contribution is 0.402. The normalized spacial score (nSPS) is 17.9. The van der Waals surface area contributed by atoms with E-state index in [1.165, 1.54) is 0 Å². The predicted octanol–water partition coefficient (Wildman–Crippen LogP) is 0.823. The summed E-state index contributed by atoms with van der Waals surface area (Å²) >= 11 is 0. The van der Waals surface area contributed by atoms with E-state index in [2.05, 4.69) is 15.0 Å². The van der Waals surface area contributed by atoms with Crippen molar-refractivity contribution >= 4 is 15.8 Å². The molecule has 2 heterocycles. The molecule has 2 rings (SSSR count). The second-order valence-corrected chi connectivity index (χ2v) is 6.06. The van der Waals surface area contributed by atoms with E-state index in [0.717, 1.165) is 25.9 Å². The number of hydrogen-bond acceptors (Lipinski definition) is 4. The fraction of sp³-hybridized carbons (Fsp3) is 0.545. The number of pyridine rings is 1. The van der Waals surface area contributed by atoms with Crippen LogP contribution < -0.4 is 10.0 Å². The smallest absolute Gasteiger partial charge is 0.234 e. The third-order valence-corrected chi connectivity index (χ3v) is 4.27. The van der Waals surface area contributed by atoms with E-state index >= 15 is 0 Å². The Kier molecular flexibility index (Phi) is 3.96. The minimum absolute atomic E-state index is 0.186. The van der Waals surface area contributed by atoms with Crippen LogP contribution in [-0.2, 0) is 10.0 Å². The fourth-order valence-corrected chi connectivity index (χ4v) is 3.46. The van der Waals surface area contributed by atoms with Crippen LogP contribution in [0.3, 0.4) is 0 Å². The second kappa shape index (κ2) is 5.46. The highest BCUT2D eigenvalue weighted by Crippen LogP contribution is 2.15.